The van der Waals surface area contributed by atoms with E-state index in [1.165, 1.54) is 77.6 Å². The number of carbonyl (C=O) groups excluding carboxylic acids is 6. The fraction of sp³-hybridized carbons (Fsp3) is 0.350. The summed E-state index contributed by atoms with van der Waals surface area (Å²) >= 11 is 0. The highest BCUT2D eigenvalue weighted by Crippen LogP contribution is 2.37. The van der Waals surface area contributed by atoms with E-state index in [9.17, 15) is 28.8 Å². The average Bonchev–Trinajstić information content (AvgIpc) is 1.40. The Morgan fingerprint density at radius 3 is 1.31 bits per heavy atom. The molecule has 5 N–H and O–H groups in total. The van der Waals surface area contributed by atoms with E-state index in [4.69, 9.17) is 28.4 Å². The first-order valence-electron chi connectivity index (χ1n) is 32.9. The second-order valence-electron chi connectivity index (χ2n) is 22.7. The molecule has 6 amide bonds. The van der Waals surface area contributed by atoms with Gasteiger partial charge in [-0.15, -0.1) is 0 Å². The number of nitrogens with one attached hydrogen (secondary N) is 5. The third-order valence-corrected chi connectivity index (χ3v) is 16.1. The van der Waals surface area contributed by atoms with Crippen LogP contribution in [0.1, 0.15) is 140 Å². The van der Waals surface area contributed by atoms with E-state index in [-0.39, 0.29) is 57.7 Å². The van der Waals surface area contributed by atoms with Crippen LogP contribution in [0.3, 0.4) is 0 Å². The number of amides is 6. The number of fused-ring (bicyclic) bond motifs is 6. The van der Waals surface area contributed by atoms with Gasteiger partial charge in [-0.3, -0.25) is 28.8 Å². The van der Waals surface area contributed by atoms with E-state index in [1.807, 2.05) is 107 Å². The van der Waals surface area contributed by atoms with Crippen molar-refractivity contribution in [3.8, 4) is 34.5 Å². The molecule has 0 spiro atoms. The van der Waals surface area contributed by atoms with Crippen molar-refractivity contribution < 1.29 is 57.2 Å². The molecule has 7 aromatic rings. The molecule has 3 heterocycles. The minimum atomic E-state index is -0.244. The Balaban J connectivity index is 0.000000213. The molecule has 98 heavy (non-hydrogen) atoms. The Bertz CT molecular complexity index is 3720. The van der Waals surface area contributed by atoms with Crippen LogP contribution in [0, 0.1) is 0 Å². The topological polar surface area (TPSA) is 221 Å². The van der Waals surface area contributed by atoms with Crippen molar-refractivity contribution in [3.63, 3.8) is 0 Å². The second-order valence-corrected chi connectivity index (χ2v) is 22.7. The fourth-order valence-corrected chi connectivity index (χ4v) is 11.1. The van der Waals surface area contributed by atoms with Gasteiger partial charge in [-0.05, 0) is 176 Å². The molecule has 3 aliphatic carbocycles. The summed E-state index contributed by atoms with van der Waals surface area (Å²) in [6.45, 7) is 18.1. The lowest BCUT2D eigenvalue weighted by Crippen LogP contribution is -2.29. The lowest BCUT2D eigenvalue weighted by Gasteiger charge is -2.25. The SMILES string of the molecule is C.C.C.C=CC(=O)Nc1ccc2c(c1)OCCO2.C=CC(=O)Nc1cccc2c1CCC2.CCC(=O)N(Cc1ccccc1)c1ccc2c(c1)OCCO2.CCC(=O)Nc1ccc2c(c1)CCCC2.CCC(=O)Nc1ccc2c(c1)OCCO2.CCC(=O)Nc1cccc2c1CCC2. The van der Waals surface area contributed by atoms with Crippen LogP contribution in [0.2, 0.25) is 0 Å². The molecule has 18 nitrogen and oxygen atoms in total. The number of nitrogens with zero attached hydrogens (tertiary/aromatic N) is 1. The molecule has 0 unspecified atom stereocenters. The van der Waals surface area contributed by atoms with E-state index in [2.05, 4.69) is 64.0 Å². The number of carbonyl (C=O) groups is 6. The summed E-state index contributed by atoms with van der Waals surface area (Å²) in [5.74, 6) is 4.11. The molecule has 522 valence electrons. The van der Waals surface area contributed by atoms with E-state index in [1.54, 1.807) is 41.3 Å². The van der Waals surface area contributed by atoms with Crippen LogP contribution in [0.5, 0.6) is 34.5 Å². The number of benzene rings is 7. The summed E-state index contributed by atoms with van der Waals surface area (Å²) in [5.41, 5.74) is 14.5. The van der Waals surface area contributed by atoms with E-state index in [0.29, 0.717) is 101 Å². The van der Waals surface area contributed by atoms with Gasteiger partial charge in [0.15, 0.2) is 34.5 Å². The minimum Gasteiger partial charge on any atom is -0.486 e. The quantitative estimate of drug-likeness (QED) is 0.0642. The Hall–Kier alpha value is -10.4. The first-order chi connectivity index (χ1) is 46.3. The first-order valence-corrected chi connectivity index (χ1v) is 32.9. The van der Waals surface area contributed by atoms with Crippen LogP contribution in [0.25, 0.3) is 0 Å². The van der Waals surface area contributed by atoms with Crippen molar-refractivity contribution in [2.75, 3.05) is 71.1 Å². The molecule has 0 bridgehead atoms. The molecule has 0 radical (unpaired) electrons. The average molecular weight is 1340 g/mol. The highest BCUT2D eigenvalue weighted by atomic mass is 16.6. The van der Waals surface area contributed by atoms with Crippen molar-refractivity contribution >= 4 is 69.6 Å². The van der Waals surface area contributed by atoms with Crippen molar-refractivity contribution in [1.82, 2.24) is 0 Å². The van der Waals surface area contributed by atoms with E-state index < -0.39 is 0 Å². The van der Waals surface area contributed by atoms with Gasteiger partial charge in [0.25, 0.3) is 0 Å². The number of aryl methyl sites for hydroxylation is 4. The highest BCUT2D eigenvalue weighted by Gasteiger charge is 2.21. The third kappa shape index (κ3) is 23.5. The molecule has 0 fully saturated rings. The smallest absolute Gasteiger partial charge is 0.247 e. The summed E-state index contributed by atoms with van der Waals surface area (Å²) in [5, 5.41) is 14.1. The molecule has 18 heteroatoms. The van der Waals surface area contributed by atoms with Gasteiger partial charge in [0.05, 0.1) is 6.54 Å². The third-order valence-electron chi connectivity index (χ3n) is 16.1. The lowest BCUT2D eigenvalue weighted by molar-refractivity contribution is -0.118. The van der Waals surface area contributed by atoms with Crippen molar-refractivity contribution in [2.45, 2.75) is 146 Å². The van der Waals surface area contributed by atoms with Crippen LogP contribution in [-0.2, 0) is 73.8 Å². The van der Waals surface area contributed by atoms with E-state index in [0.717, 1.165) is 77.6 Å². The number of ether oxygens (including phenoxy) is 6. The van der Waals surface area contributed by atoms with Crippen LogP contribution < -0.4 is 59.9 Å². The predicted octanol–water partition coefficient (Wildman–Crippen LogP) is 16.4. The number of hydrogen-bond donors (Lipinski definition) is 5. The normalized spacial score (nSPS) is 13.0. The van der Waals surface area contributed by atoms with Crippen LogP contribution >= 0.6 is 0 Å². The van der Waals surface area contributed by atoms with Gasteiger partial charge in [-0.2, -0.15) is 0 Å². The zero-order chi connectivity index (χ0) is 67.3. The number of anilines is 6. The van der Waals surface area contributed by atoms with Gasteiger partial charge < -0.3 is 59.9 Å². The summed E-state index contributed by atoms with van der Waals surface area (Å²) in [4.78, 5) is 70.0. The van der Waals surface area contributed by atoms with Crippen LogP contribution in [-0.4, -0.2) is 75.1 Å². The maximum absolute atomic E-state index is 12.3. The van der Waals surface area contributed by atoms with Gasteiger partial charge >= 0.3 is 0 Å². The molecule has 3 aliphatic heterocycles. The number of hydrogen-bond acceptors (Lipinski definition) is 12. The van der Waals surface area contributed by atoms with Crippen LogP contribution in [0.4, 0.5) is 34.1 Å². The summed E-state index contributed by atoms with van der Waals surface area (Å²) in [6, 6.07) is 44.8. The maximum atomic E-state index is 12.3. The Morgan fingerprint density at radius 2 is 0.806 bits per heavy atom. The first kappa shape index (κ1) is 78.3. The molecule has 13 rings (SSSR count). The molecule has 0 saturated heterocycles. The van der Waals surface area contributed by atoms with Gasteiger partial charge in [0.1, 0.15) is 39.6 Å². The maximum Gasteiger partial charge on any atom is 0.247 e. The highest BCUT2D eigenvalue weighted by molar-refractivity contribution is 6.00. The van der Waals surface area contributed by atoms with E-state index >= 15 is 0 Å². The van der Waals surface area contributed by atoms with Gasteiger partial charge in [-0.1, -0.05) is 124 Å². The molecule has 6 aliphatic rings. The Labute approximate surface area is 579 Å². The zero-order valence-electron chi connectivity index (χ0n) is 55.0. The molecule has 0 atom stereocenters. The molecule has 0 aromatic heterocycles. The molecule has 7 aromatic carbocycles. The minimum absolute atomic E-state index is 0. The van der Waals surface area contributed by atoms with Gasteiger partial charge in [0, 0.05) is 78.0 Å². The monoisotopic (exact) mass is 1340 g/mol. The van der Waals surface area contributed by atoms with Gasteiger partial charge in [-0.25, -0.2) is 0 Å². The fourth-order valence-electron chi connectivity index (χ4n) is 11.1. The Morgan fingerprint density at radius 1 is 0.388 bits per heavy atom. The standard InChI is InChI=1S/C18H19NO3.C13H17NO.C12H15NO.C12H13NO.C11H13NO3.C11H11NO3.3CH4/c1-2-18(20)19(13-14-6-4-3-5-7-14)15-8-9-16-17(12-15)22-11-10-21-16;1-2-13(15)14-12-8-7-10-5-3-4-6-11(10)9-12;2*1-2-12(14)13-11-8-4-6-9-5-3-7-10(9)11;2*1-2-11(13)12-8-3-4-9-10(7-8)15-6-5-14-9;;;/h3-9,12H,2,10-11,13H2,1H3;7-9H,2-6H2,1H3,(H,14,15);4,6,8H,2-3,5,7H2,1H3,(H,13,14);2,4,6,8H,1,3,5,7H2,(H,13,14);3-4,7H,2,5-6H2,1H3,(H,12,13);2-4,7H,1,5-6H2,(H,12,13);3*1H4. The van der Waals surface area contributed by atoms with Gasteiger partial charge in [0.2, 0.25) is 35.4 Å². The lowest BCUT2D eigenvalue weighted by atomic mass is 9.91. The van der Waals surface area contributed by atoms with Crippen molar-refractivity contribution in [2.24, 2.45) is 0 Å². The molecule has 0 saturated carbocycles. The largest absolute Gasteiger partial charge is 0.486 e. The summed E-state index contributed by atoms with van der Waals surface area (Å²) in [6.07, 6.45) is 16.3. The van der Waals surface area contributed by atoms with Crippen molar-refractivity contribution in [1.29, 1.82) is 0 Å². The predicted molar refractivity (Wildman–Crippen MR) is 395 cm³/mol. The number of rotatable bonds is 14. The molecular weight excluding hydrogens is 1240 g/mol. The zero-order valence-corrected chi connectivity index (χ0v) is 55.0. The van der Waals surface area contributed by atoms with Crippen molar-refractivity contribution in [3.05, 3.63) is 204 Å². The molecular formula is C80H100N6O12. The summed E-state index contributed by atoms with van der Waals surface area (Å²) in [7, 11) is 0. The Kier molecular flexibility index (Phi) is 32.7. The second kappa shape index (κ2) is 40.9. The summed E-state index contributed by atoms with van der Waals surface area (Å²) < 4.78 is 32.7. The van der Waals surface area contributed by atoms with Crippen LogP contribution in [0.15, 0.2) is 165 Å².